The van der Waals surface area contributed by atoms with E-state index in [1.165, 1.54) is 34.1 Å². The van der Waals surface area contributed by atoms with Crippen LogP contribution in [-0.4, -0.2) is 35.1 Å². The number of fused-ring (bicyclic) bond motifs is 1. The second-order valence-electron chi connectivity index (χ2n) is 10.7. The fourth-order valence-electron chi connectivity index (χ4n) is 5.10. The zero-order valence-electron chi connectivity index (χ0n) is 22.9. The van der Waals surface area contributed by atoms with Crippen molar-refractivity contribution in [2.75, 3.05) is 18.5 Å². The third kappa shape index (κ3) is 5.34. The molecule has 2 aliphatic heterocycles. The van der Waals surface area contributed by atoms with Crippen LogP contribution in [0.3, 0.4) is 0 Å². The van der Waals surface area contributed by atoms with Gasteiger partial charge in [-0.1, -0.05) is 54.6 Å². The molecular formula is C33H35N3OS. The van der Waals surface area contributed by atoms with Crippen molar-refractivity contribution < 1.29 is 4.79 Å². The normalized spacial score (nSPS) is 18.8. The van der Waals surface area contributed by atoms with E-state index in [-0.39, 0.29) is 11.4 Å². The summed E-state index contributed by atoms with van der Waals surface area (Å²) < 4.78 is 0. The van der Waals surface area contributed by atoms with Crippen LogP contribution in [0.4, 0.5) is 11.4 Å². The van der Waals surface area contributed by atoms with E-state index >= 15 is 0 Å². The fourth-order valence-corrected chi connectivity index (χ4v) is 6.12. The van der Waals surface area contributed by atoms with Gasteiger partial charge in [0, 0.05) is 24.8 Å². The number of likely N-dealkylation sites (N-methyl/N-ethyl adjacent to an activating group) is 1. The molecule has 0 radical (unpaired) electrons. The summed E-state index contributed by atoms with van der Waals surface area (Å²) in [6.45, 7) is 9.40. The second kappa shape index (κ2) is 10.7. The Bertz CT molecular complexity index is 1440. The Hall–Kier alpha value is -3.57. The Balaban J connectivity index is 1.46. The van der Waals surface area contributed by atoms with Gasteiger partial charge >= 0.3 is 0 Å². The first-order chi connectivity index (χ1) is 18.2. The zero-order valence-corrected chi connectivity index (χ0v) is 23.7. The van der Waals surface area contributed by atoms with Crippen molar-refractivity contribution >= 4 is 45.9 Å². The number of para-hydroxylation sites is 1. The molecular weight excluding hydrogens is 486 g/mol. The SMILES string of the molecule is CC1=CC(C)(C)N(C)c2cc(C)c(/C=C3/SC(=Nc4ccccc4)N(CCCc4ccccc4)C3=O)cc21. The van der Waals surface area contributed by atoms with Gasteiger partial charge in [0.15, 0.2) is 5.17 Å². The van der Waals surface area contributed by atoms with Gasteiger partial charge < -0.3 is 4.90 Å². The van der Waals surface area contributed by atoms with Crippen LogP contribution in [0.15, 0.2) is 88.8 Å². The van der Waals surface area contributed by atoms with Crippen molar-refractivity contribution in [1.82, 2.24) is 4.90 Å². The molecule has 0 bridgehead atoms. The van der Waals surface area contributed by atoms with Gasteiger partial charge in [0.1, 0.15) is 0 Å². The first kappa shape index (κ1) is 26.1. The van der Waals surface area contributed by atoms with Crippen molar-refractivity contribution in [3.8, 4) is 0 Å². The largest absolute Gasteiger partial charge is 0.365 e. The van der Waals surface area contributed by atoms with Gasteiger partial charge in [-0.15, -0.1) is 0 Å². The van der Waals surface area contributed by atoms with Crippen LogP contribution in [0.25, 0.3) is 11.6 Å². The Kier molecular flexibility index (Phi) is 7.31. The van der Waals surface area contributed by atoms with Gasteiger partial charge in [-0.25, -0.2) is 4.99 Å². The predicted molar refractivity (Wildman–Crippen MR) is 163 cm³/mol. The number of aryl methyl sites for hydroxylation is 2. The molecule has 0 spiro atoms. The predicted octanol–water partition coefficient (Wildman–Crippen LogP) is 7.86. The lowest BCUT2D eigenvalue weighted by atomic mass is 9.87. The molecule has 1 saturated heterocycles. The molecule has 3 aromatic carbocycles. The van der Waals surface area contributed by atoms with Crippen LogP contribution in [0.1, 0.15) is 49.4 Å². The lowest BCUT2D eigenvalue weighted by Crippen LogP contribution is -2.42. The van der Waals surface area contributed by atoms with E-state index in [4.69, 9.17) is 4.99 Å². The number of benzene rings is 3. The van der Waals surface area contributed by atoms with Crippen LogP contribution in [0.2, 0.25) is 0 Å². The standard InChI is InChI=1S/C33H35N3OS/c1-23-19-29-28(24(2)22-33(3,4)35(29)5)20-26(23)21-30-31(37)36(18-12-15-25-13-8-6-9-14-25)32(38-30)34-27-16-10-7-11-17-27/h6-11,13-14,16-17,19-22H,12,15,18H2,1-5H3/b30-21+,34-32?. The highest BCUT2D eigenvalue weighted by Crippen LogP contribution is 2.41. The zero-order chi connectivity index (χ0) is 26.9. The van der Waals surface area contributed by atoms with Crippen molar-refractivity contribution in [3.05, 3.63) is 106 Å². The van der Waals surface area contributed by atoms with E-state index in [1.807, 2.05) is 47.4 Å². The van der Waals surface area contributed by atoms with E-state index < -0.39 is 0 Å². The van der Waals surface area contributed by atoms with Crippen LogP contribution in [0.5, 0.6) is 0 Å². The molecule has 38 heavy (non-hydrogen) atoms. The van der Waals surface area contributed by atoms with Crippen LogP contribution >= 0.6 is 11.8 Å². The fraction of sp³-hybridized carbons (Fsp3) is 0.273. The van der Waals surface area contributed by atoms with E-state index in [9.17, 15) is 4.79 Å². The molecule has 0 saturated carbocycles. The molecule has 3 aromatic rings. The molecule has 1 fully saturated rings. The smallest absolute Gasteiger partial charge is 0.266 e. The number of amides is 1. The number of nitrogens with zero attached hydrogens (tertiary/aromatic N) is 3. The molecule has 0 atom stereocenters. The molecule has 5 rings (SSSR count). The number of aliphatic imine (C=N–C) groups is 1. The molecule has 0 unspecified atom stereocenters. The summed E-state index contributed by atoms with van der Waals surface area (Å²) in [7, 11) is 2.15. The van der Waals surface area contributed by atoms with Crippen LogP contribution in [0, 0.1) is 6.92 Å². The third-order valence-corrected chi connectivity index (χ3v) is 8.46. The summed E-state index contributed by atoms with van der Waals surface area (Å²) in [5.41, 5.74) is 8.05. The highest BCUT2D eigenvalue weighted by molar-refractivity contribution is 8.18. The minimum atomic E-state index is -0.0379. The van der Waals surface area contributed by atoms with E-state index in [0.29, 0.717) is 11.4 Å². The number of hydrogen-bond donors (Lipinski definition) is 0. The Morgan fingerprint density at radius 3 is 2.37 bits per heavy atom. The molecule has 2 aliphatic rings. The Labute approximate surface area is 230 Å². The molecule has 0 aromatic heterocycles. The minimum Gasteiger partial charge on any atom is -0.365 e. The number of carbonyl (C=O) groups excluding carboxylic acids is 1. The number of hydrogen-bond acceptors (Lipinski definition) is 4. The summed E-state index contributed by atoms with van der Waals surface area (Å²) >= 11 is 1.47. The molecule has 4 nitrogen and oxygen atoms in total. The highest BCUT2D eigenvalue weighted by Gasteiger charge is 2.34. The van der Waals surface area contributed by atoms with Gasteiger partial charge in [0.25, 0.3) is 5.91 Å². The van der Waals surface area contributed by atoms with Crippen LogP contribution in [-0.2, 0) is 11.2 Å². The minimum absolute atomic E-state index is 0.0281. The van der Waals surface area contributed by atoms with E-state index in [2.05, 4.69) is 82.1 Å². The summed E-state index contributed by atoms with van der Waals surface area (Å²) in [5.74, 6) is 0.0281. The summed E-state index contributed by atoms with van der Waals surface area (Å²) in [5, 5.41) is 0.744. The monoisotopic (exact) mass is 521 g/mol. The number of thioether (sulfide) groups is 1. The number of carbonyl (C=O) groups is 1. The van der Waals surface area contributed by atoms with Crippen molar-refractivity contribution in [2.24, 2.45) is 4.99 Å². The van der Waals surface area contributed by atoms with Crippen LogP contribution < -0.4 is 4.90 Å². The maximum Gasteiger partial charge on any atom is 0.266 e. The van der Waals surface area contributed by atoms with E-state index in [0.717, 1.165) is 34.8 Å². The van der Waals surface area contributed by atoms with Crippen molar-refractivity contribution in [3.63, 3.8) is 0 Å². The van der Waals surface area contributed by atoms with Crippen molar-refractivity contribution in [2.45, 2.75) is 46.1 Å². The number of allylic oxidation sites excluding steroid dienone is 1. The van der Waals surface area contributed by atoms with Gasteiger partial charge in [-0.2, -0.15) is 0 Å². The number of amidine groups is 1. The first-order valence-corrected chi connectivity index (χ1v) is 14.0. The molecule has 0 aliphatic carbocycles. The highest BCUT2D eigenvalue weighted by atomic mass is 32.2. The van der Waals surface area contributed by atoms with Gasteiger partial charge in [-0.3, -0.25) is 9.69 Å². The molecule has 2 heterocycles. The molecule has 0 N–H and O–H groups in total. The average molecular weight is 522 g/mol. The lowest BCUT2D eigenvalue weighted by molar-refractivity contribution is -0.122. The van der Waals surface area contributed by atoms with Gasteiger partial charge in [-0.05, 0) is 105 Å². The summed E-state index contributed by atoms with van der Waals surface area (Å²) in [6, 6.07) is 24.8. The van der Waals surface area contributed by atoms with E-state index in [1.54, 1.807) is 0 Å². The first-order valence-electron chi connectivity index (χ1n) is 13.2. The molecule has 5 heteroatoms. The maximum absolute atomic E-state index is 13.7. The van der Waals surface area contributed by atoms with Gasteiger partial charge in [0.2, 0.25) is 0 Å². The quantitative estimate of drug-likeness (QED) is 0.310. The summed E-state index contributed by atoms with van der Waals surface area (Å²) in [4.78, 5) is 23.4. The molecule has 1 amide bonds. The van der Waals surface area contributed by atoms with Gasteiger partial charge in [0.05, 0.1) is 16.1 Å². The topological polar surface area (TPSA) is 35.9 Å². The molecule has 194 valence electrons. The number of rotatable bonds is 6. The summed E-state index contributed by atoms with van der Waals surface area (Å²) in [6.07, 6.45) is 6.16. The Morgan fingerprint density at radius 2 is 1.66 bits per heavy atom. The average Bonchev–Trinajstić information content (AvgIpc) is 3.18. The second-order valence-corrected chi connectivity index (χ2v) is 11.7. The Morgan fingerprint density at radius 1 is 0.974 bits per heavy atom. The van der Waals surface area contributed by atoms with Crippen molar-refractivity contribution in [1.29, 1.82) is 0 Å². The number of anilines is 1. The maximum atomic E-state index is 13.7. The third-order valence-electron chi connectivity index (χ3n) is 7.45. The lowest BCUT2D eigenvalue weighted by Gasteiger charge is -2.41.